The van der Waals surface area contributed by atoms with E-state index in [0.29, 0.717) is 0 Å². The van der Waals surface area contributed by atoms with Crippen molar-refractivity contribution in [2.24, 2.45) is 5.73 Å². The van der Waals surface area contributed by atoms with Crippen LogP contribution in [0, 0.1) is 0 Å². The van der Waals surface area contributed by atoms with Crippen LogP contribution in [0.3, 0.4) is 0 Å². The third-order valence-electron chi connectivity index (χ3n) is 3.10. The van der Waals surface area contributed by atoms with E-state index in [1.165, 1.54) is 4.88 Å². The van der Waals surface area contributed by atoms with E-state index in [-0.39, 0.29) is 12.1 Å². The minimum atomic E-state index is 0.132. The second-order valence-electron chi connectivity index (χ2n) is 4.49. The molecule has 0 aliphatic carbocycles. The highest BCUT2D eigenvalue weighted by Crippen LogP contribution is 2.32. The molecule has 18 heavy (non-hydrogen) atoms. The van der Waals surface area contributed by atoms with Crippen molar-refractivity contribution in [2.45, 2.75) is 31.8 Å². The third kappa shape index (κ3) is 4.52. The minimum absolute atomic E-state index is 0.132. The van der Waals surface area contributed by atoms with Gasteiger partial charge in [0.2, 0.25) is 0 Å². The Bertz CT molecular complexity index is 345. The average Bonchev–Trinajstić information content (AvgIpc) is 2.76. The van der Waals surface area contributed by atoms with E-state index in [9.17, 15) is 0 Å². The molecular formula is C13H23ClN2OS. The molecule has 0 fully saturated rings. The quantitative estimate of drug-likeness (QED) is 0.748. The molecule has 1 aromatic rings. The van der Waals surface area contributed by atoms with Crippen molar-refractivity contribution in [3.63, 3.8) is 0 Å². The highest BCUT2D eigenvalue weighted by molar-refractivity contribution is 7.16. The molecule has 0 aliphatic rings. The lowest BCUT2D eigenvalue weighted by atomic mass is 10.0. The van der Waals surface area contributed by atoms with Crippen molar-refractivity contribution >= 4 is 22.9 Å². The Morgan fingerprint density at radius 1 is 1.50 bits per heavy atom. The van der Waals surface area contributed by atoms with Crippen molar-refractivity contribution in [2.75, 3.05) is 27.3 Å². The van der Waals surface area contributed by atoms with Crippen LogP contribution in [0.2, 0.25) is 4.34 Å². The molecule has 2 unspecified atom stereocenters. The highest BCUT2D eigenvalue weighted by atomic mass is 35.5. The number of methoxy groups -OCH3 is 1. The van der Waals surface area contributed by atoms with Gasteiger partial charge in [0.15, 0.2) is 0 Å². The van der Waals surface area contributed by atoms with Crippen LogP contribution in [-0.4, -0.2) is 38.3 Å². The van der Waals surface area contributed by atoms with Crippen molar-refractivity contribution in [1.82, 2.24) is 4.90 Å². The molecule has 2 atom stereocenters. The standard InChI is InChI=1S/C13H23ClN2OS/c1-4-10(15)13(11-6-7-12(14)18-11)16(2)8-5-9-17-3/h6-7,10,13H,4-5,8-9,15H2,1-3H3. The van der Waals surface area contributed by atoms with E-state index in [0.717, 1.165) is 30.3 Å². The Hall–Kier alpha value is -0.130. The van der Waals surface area contributed by atoms with E-state index in [2.05, 4.69) is 24.9 Å². The molecule has 0 amide bonds. The lowest BCUT2D eigenvalue weighted by Gasteiger charge is -2.31. The number of hydrogen-bond acceptors (Lipinski definition) is 4. The lowest BCUT2D eigenvalue weighted by Crippen LogP contribution is -2.39. The number of likely N-dealkylation sites (N-methyl/N-ethyl adjacent to an activating group) is 1. The van der Waals surface area contributed by atoms with Crippen LogP contribution >= 0.6 is 22.9 Å². The van der Waals surface area contributed by atoms with Gasteiger partial charge in [-0.15, -0.1) is 11.3 Å². The summed E-state index contributed by atoms with van der Waals surface area (Å²) in [5.74, 6) is 0. The van der Waals surface area contributed by atoms with Gasteiger partial charge in [-0.1, -0.05) is 18.5 Å². The number of nitrogens with zero attached hydrogens (tertiary/aromatic N) is 1. The fraction of sp³-hybridized carbons (Fsp3) is 0.692. The molecule has 0 aromatic carbocycles. The van der Waals surface area contributed by atoms with Gasteiger partial charge in [-0.3, -0.25) is 4.90 Å². The fourth-order valence-electron chi connectivity index (χ4n) is 2.06. The Kier molecular flexibility index (Phi) is 7.19. The van der Waals surface area contributed by atoms with Crippen LogP contribution < -0.4 is 5.73 Å². The maximum Gasteiger partial charge on any atom is 0.0931 e. The van der Waals surface area contributed by atoms with Crippen LogP contribution in [0.15, 0.2) is 12.1 Å². The number of rotatable bonds is 8. The first-order chi connectivity index (χ1) is 8.60. The number of nitrogens with two attached hydrogens (primary N) is 1. The summed E-state index contributed by atoms with van der Waals surface area (Å²) in [6, 6.07) is 4.40. The van der Waals surface area contributed by atoms with Gasteiger partial charge in [0.25, 0.3) is 0 Å². The largest absolute Gasteiger partial charge is 0.385 e. The normalized spacial score (nSPS) is 15.0. The topological polar surface area (TPSA) is 38.5 Å². The first-order valence-electron chi connectivity index (χ1n) is 6.30. The predicted octanol–water partition coefficient (Wildman–Crippen LogP) is 3.15. The Labute approximate surface area is 119 Å². The van der Waals surface area contributed by atoms with Crippen LogP contribution in [0.5, 0.6) is 0 Å². The summed E-state index contributed by atoms with van der Waals surface area (Å²) >= 11 is 7.64. The van der Waals surface area contributed by atoms with E-state index >= 15 is 0 Å². The van der Waals surface area contributed by atoms with Crippen molar-refractivity contribution in [3.8, 4) is 0 Å². The molecule has 1 heterocycles. The summed E-state index contributed by atoms with van der Waals surface area (Å²) < 4.78 is 5.91. The van der Waals surface area contributed by atoms with Crippen molar-refractivity contribution in [3.05, 3.63) is 21.3 Å². The van der Waals surface area contributed by atoms with Gasteiger partial charge < -0.3 is 10.5 Å². The number of hydrogen-bond donors (Lipinski definition) is 1. The van der Waals surface area contributed by atoms with Crippen molar-refractivity contribution < 1.29 is 4.74 Å². The number of halogens is 1. The summed E-state index contributed by atoms with van der Waals surface area (Å²) in [6.45, 7) is 3.88. The fourth-order valence-corrected chi connectivity index (χ4v) is 3.37. The lowest BCUT2D eigenvalue weighted by molar-refractivity contribution is 0.157. The van der Waals surface area contributed by atoms with Gasteiger partial charge in [0, 0.05) is 31.2 Å². The molecule has 2 N–H and O–H groups in total. The van der Waals surface area contributed by atoms with Crippen LogP contribution in [-0.2, 0) is 4.74 Å². The van der Waals surface area contributed by atoms with Crippen LogP contribution in [0.1, 0.15) is 30.7 Å². The Morgan fingerprint density at radius 3 is 2.72 bits per heavy atom. The summed E-state index contributed by atoms with van der Waals surface area (Å²) in [5, 5.41) is 0. The first-order valence-corrected chi connectivity index (χ1v) is 7.49. The molecule has 1 rings (SSSR count). The highest BCUT2D eigenvalue weighted by Gasteiger charge is 2.24. The summed E-state index contributed by atoms with van der Waals surface area (Å²) in [5.41, 5.74) is 6.25. The summed E-state index contributed by atoms with van der Waals surface area (Å²) in [4.78, 5) is 3.55. The molecule has 0 saturated carbocycles. The van der Waals surface area contributed by atoms with Gasteiger partial charge in [-0.05, 0) is 32.0 Å². The molecule has 3 nitrogen and oxygen atoms in total. The minimum Gasteiger partial charge on any atom is -0.385 e. The molecule has 0 aliphatic heterocycles. The van der Waals surface area contributed by atoms with E-state index < -0.39 is 0 Å². The maximum absolute atomic E-state index is 6.25. The van der Waals surface area contributed by atoms with E-state index in [1.54, 1.807) is 18.4 Å². The molecule has 0 radical (unpaired) electrons. The van der Waals surface area contributed by atoms with Crippen LogP contribution in [0.4, 0.5) is 0 Å². The Morgan fingerprint density at radius 2 is 2.22 bits per heavy atom. The molecule has 5 heteroatoms. The van der Waals surface area contributed by atoms with E-state index in [4.69, 9.17) is 22.1 Å². The maximum atomic E-state index is 6.25. The zero-order chi connectivity index (χ0) is 13.5. The van der Waals surface area contributed by atoms with E-state index in [1.807, 2.05) is 6.07 Å². The molecule has 0 bridgehead atoms. The zero-order valence-electron chi connectivity index (χ0n) is 11.4. The SMILES string of the molecule is CCC(N)C(c1ccc(Cl)s1)N(C)CCCOC. The smallest absolute Gasteiger partial charge is 0.0931 e. The Balaban J connectivity index is 2.72. The predicted molar refractivity (Wildman–Crippen MR) is 79.5 cm³/mol. The second kappa shape index (κ2) is 8.12. The average molecular weight is 291 g/mol. The van der Waals surface area contributed by atoms with Gasteiger partial charge in [0.1, 0.15) is 0 Å². The monoisotopic (exact) mass is 290 g/mol. The molecule has 0 spiro atoms. The second-order valence-corrected chi connectivity index (χ2v) is 6.23. The summed E-state index contributed by atoms with van der Waals surface area (Å²) in [7, 11) is 3.85. The molecule has 104 valence electrons. The van der Waals surface area contributed by atoms with Gasteiger partial charge in [-0.25, -0.2) is 0 Å². The van der Waals surface area contributed by atoms with Crippen LogP contribution in [0.25, 0.3) is 0 Å². The van der Waals surface area contributed by atoms with Crippen molar-refractivity contribution in [1.29, 1.82) is 0 Å². The van der Waals surface area contributed by atoms with Gasteiger partial charge in [-0.2, -0.15) is 0 Å². The molecule has 0 saturated heterocycles. The van der Waals surface area contributed by atoms with Gasteiger partial charge >= 0.3 is 0 Å². The number of thiophene rings is 1. The summed E-state index contributed by atoms with van der Waals surface area (Å²) in [6.07, 6.45) is 1.97. The third-order valence-corrected chi connectivity index (χ3v) is 4.40. The zero-order valence-corrected chi connectivity index (χ0v) is 12.9. The first kappa shape index (κ1) is 15.9. The van der Waals surface area contributed by atoms with Gasteiger partial charge in [0.05, 0.1) is 10.4 Å². The number of ether oxygens (including phenoxy) is 1. The molecular weight excluding hydrogens is 268 g/mol. The molecule has 1 aromatic heterocycles.